The van der Waals surface area contributed by atoms with E-state index in [1.54, 1.807) is 11.3 Å². The zero-order chi connectivity index (χ0) is 15.7. The number of thiazole rings is 1. The number of nitrogens with zero attached hydrogens (tertiary/aromatic N) is 1. The average molecular weight is 351 g/mol. The van der Waals surface area contributed by atoms with Gasteiger partial charge in [0.1, 0.15) is 5.52 Å². The van der Waals surface area contributed by atoms with Crippen LogP contribution in [-0.2, 0) is 12.8 Å². The van der Waals surface area contributed by atoms with Gasteiger partial charge in [-0.15, -0.1) is 0 Å². The van der Waals surface area contributed by atoms with Gasteiger partial charge in [0.15, 0.2) is 5.13 Å². The first-order chi connectivity index (χ1) is 10.6. The highest BCUT2D eigenvalue weighted by Crippen LogP contribution is 2.37. The van der Waals surface area contributed by atoms with Crippen LogP contribution in [0.15, 0.2) is 30.3 Å². The quantitative estimate of drug-likeness (QED) is 0.582. The Morgan fingerprint density at radius 1 is 1.05 bits per heavy atom. The van der Waals surface area contributed by atoms with Crippen LogP contribution in [0.1, 0.15) is 25.0 Å². The van der Waals surface area contributed by atoms with E-state index >= 15 is 0 Å². The Balaban J connectivity index is 2.05. The molecule has 0 radical (unpaired) electrons. The van der Waals surface area contributed by atoms with Gasteiger partial charge in [0.25, 0.3) is 0 Å². The van der Waals surface area contributed by atoms with Gasteiger partial charge in [-0.05, 0) is 36.1 Å². The molecule has 1 N–H and O–H groups in total. The van der Waals surface area contributed by atoms with E-state index in [-0.39, 0.29) is 0 Å². The van der Waals surface area contributed by atoms with Crippen LogP contribution >= 0.6 is 34.5 Å². The SMILES string of the molecule is CCc1cccc(CC)c1Nc1nc2c(Cl)c(Cl)ccc2s1. The Bertz CT molecular complexity index is 805. The number of hydrogen-bond donors (Lipinski definition) is 1. The van der Waals surface area contributed by atoms with Gasteiger partial charge in [-0.3, -0.25) is 0 Å². The van der Waals surface area contributed by atoms with Crippen molar-refractivity contribution < 1.29 is 0 Å². The summed E-state index contributed by atoms with van der Waals surface area (Å²) in [6, 6.07) is 10.2. The lowest BCUT2D eigenvalue weighted by Crippen LogP contribution is -1.99. The molecule has 3 rings (SSSR count). The zero-order valence-corrected chi connectivity index (χ0v) is 14.7. The van der Waals surface area contributed by atoms with Gasteiger partial charge in [-0.25, -0.2) is 4.98 Å². The van der Waals surface area contributed by atoms with Crippen LogP contribution in [0.5, 0.6) is 0 Å². The Kier molecular flexibility index (Phi) is 4.57. The minimum absolute atomic E-state index is 0.517. The number of nitrogens with one attached hydrogen (secondary N) is 1. The van der Waals surface area contributed by atoms with Crippen molar-refractivity contribution in [3.8, 4) is 0 Å². The molecule has 1 aromatic heterocycles. The van der Waals surface area contributed by atoms with E-state index in [9.17, 15) is 0 Å². The highest BCUT2D eigenvalue weighted by Gasteiger charge is 2.12. The molecule has 0 bridgehead atoms. The molecule has 22 heavy (non-hydrogen) atoms. The zero-order valence-electron chi connectivity index (χ0n) is 12.4. The largest absolute Gasteiger partial charge is 0.331 e. The Morgan fingerprint density at radius 3 is 2.36 bits per heavy atom. The summed E-state index contributed by atoms with van der Waals surface area (Å²) in [7, 11) is 0. The number of hydrogen-bond acceptors (Lipinski definition) is 3. The van der Waals surface area contributed by atoms with Crippen LogP contribution in [0.25, 0.3) is 10.2 Å². The fourth-order valence-corrected chi connectivity index (χ4v) is 3.80. The second-order valence-corrected chi connectivity index (χ2v) is 6.83. The molecule has 0 saturated heterocycles. The van der Waals surface area contributed by atoms with Crippen LogP contribution in [-0.4, -0.2) is 4.98 Å². The summed E-state index contributed by atoms with van der Waals surface area (Å²) in [6.45, 7) is 4.32. The minimum Gasteiger partial charge on any atom is -0.331 e. The summed E-state index contributed by atoms with van der Waals surface area (Å²) < 4.78 is 1.03. The Labute approximate surface area is 144 Å². The van der Waals surface area contributed by atoms with Crippen LogP contribution in [0.4, 0.5) is 10.8 Å². The second kappa shape index (κ2) is 6.45. The van der Waals surface area contributed by atoms with Crippen LogP contribution in [0, 0.1) is 0 Å². The summed E-state index contributed by atoms with van der Waals surface area (Å²) in [5.41, 5.74) is 4.51. The summed E-state index contributed by atoms with van der Waals surface area (Å²) in [5.74, 6) is 0. The first-order valence-electron chi connectivity index (χ1n) is 7.26. The number of fused-ring (bicyclic) bond motifs is 1. The molecule has 0 aliphatic carbocycles. The number of anilines is 2. The van der Waals surface area contributed by atoms with Crippen molar-refractivity contribution in [2.75, 3.05) is 5.32 Å². The molecule has 5 heteroatoms. The summed E-state index contributed by atoms with van der Waals surface area (Å²) in [5, 5.41) is 5.38. The average Bonchev–Trinajstić information content (AvgIpc) is 2.95. The lowest BCUT2D eigenvalue weighted by atomic mass is 10.0. The molecule has 114 valence electrons. The van der Waals surface area contributed by atoms with Gasteiger partial charge in [-0.1, -0.05) is 66.6 Å². The van der Waals surface area contributed by atoms with Crippen LogP contribution in [0.3, 0.4) is 0 Å². The van der Waals surface area contributed by atoms with Gasteiger partial charge >= 0.3 is 0 Å². The lowest BCUT2D eigenvalue weighted by molar-refractivity contribution is 1.09. The third-order valence-corrected chi connectivity index (χ3v) is 5.41. The fraction of sp³-hybridized carbons (Fsp3) is 0.235. The van der Waals surface area contributed by atoms with Crippen molar-refractivity contribution in [3.05, 3.63) is 51.5 Å². The highest BCUT2D eigenvalue weighted by atomic mass is 35.5. The summed E-state index contributed by atoms with van der Waals surface area (Å²) in [4.78, 5) is 4.61. The normalized spacial score (nSPS) is 11.1. The van der Waals surface area contributed by atoms with E-state index in [1.165, 1.54) is 11.1 Å². The van der Waals surface area contributed by atoms with E-state index in [0.717, 1.165) is 33.9 Å². The maximum atomic E-state index is 6.24. The maximum Gasteiger partial charge on any atom is 0.188 e. The van der Waals surface area contributed by atoms with Gasteiger partial charge in [0.05, 0.1) is 14.7 Å². The molecule has 0 atom stereocenters. The standard InChI is InChI=1S/C17H16Cl2N2S/c1-3-10-6-5-7-11(4-2)15(10)20-17-21-16-13(22-17)9-8-12(18)14(16)19/h5-9H,3-4H2,1-2H3,(H,20,21). The summed E-state index contributed by atoms with van der Waals surface area (Å²) >= 11 is 13.9. The second-order valence-electron chi connectivity index (χ2n) is 5.01. The molecular formula is C17H16Cl2N2S. The molecular weight excluding hydrogens is 335 g/mol. The molecule has 0 aliphatic heterocycles. The fourth-order valence-electron chi connectivity index (χ4n) is 2.50. The number of aromatic nitrogens is 1. The first-order valence-corrected chi connectivity index (χ1v) is 8.83. The number of rotatable bonds is 4. The van der Waals surface area contributed by atoms with Crippen LogP contribution in [0.2, 0.25) is 10.0 Å². The smallest absolute Gasteiger partial charge is 0.188 e. The Hall–Kier alpha value is -1.29. The van der Waals surface area contributed by atoms with Gasteiger partial charge < -0.3 is 5.32 Å². The molecule has 0 fully saturated rings. The monoisotopic (exact) mass is 350 g/mol. The highest BCUT2D eigenvalue weighted by molar-refractivity contribution is 7.22. The Morgan fingerprint density at radius 2 is 1.73 bits per heavy atom. The van der Waals surface area contributed by atoms with E-state index in [1.807, 2.05) is 12.1 Å². The van der Waals surface area contributed by atoms with Gasteiger partial charge in [-0.2, -0.15) is 0 Å². The van der Waals surface area contributed by atoms with E-state index < -0.39 is 0 Å². The molecule has 0 spiro atoms. The molecule has 0 unspecified atom stereocenters. The summed E-state index contributed by atoms with van der Waals surface area (Å²) in [6.07, 6.45) is 1.96. The molecule has 3 aromatic rings. The van der Waals surface area contributed by atoms with E-state index in [0.29, 0.717) is 10.0 Å². The topological polar surface area (TPSA) is 24.9 Å². The van der Waals surface area contributed by atoms with Crippen LogP contribution < -0.4 is 5.32 Å². The number of para-hydroxylation sites is 1. The molecule has 0 aliphatic rings. The van der Waals surface area contributed by atoms with Crippen molar-refractivity contribution in [3.63, 3.8) is 0 Å². The number of aryl methyl sites for hydroxylation is 2. The molecule has 2 aromatic carbocycles. The van der Waals surface area contributed by atoms with Crippen molar-refractivity contribution in [2.45, 2.75) is 26.7 Å². The number of benzene rings is 2. The van der Waals surface area contributed by atoms with Crippen molar-refractivity contribution >= 4 is 55.6 Å². The van der Waals surface area contributed by atoms with E-state index in [2.05, 4.69) is 42.3 Å². The van der Waals surface area contributed by atoms with E-state index in [4.69, 9.17) is 23.2 Å². The predicted molar refractivity (Wildman–Crippen MR) is 98.1 cm³/mol. The predicted octanol–water partition coefficient (Wildman–Crippen LogP) is 6.47. The van der Waals surface area contributed by atoms with Crippen molar-refractivity contribution in [1.29, 1.82) is 0 Å². The van der Waals surface area contributed by atoms with Gasteiger partial charge in [0.2, 0.25) is 0 Å². The lowest BCUT2D eigenvalue weighted by Gasteiger charge is -2.13. The molecule has 0 amide bonds. The third kappa shape index (κ3) is 2.81. The first kappa shape index (κ1) is 15.6. The molecule has 2 nitrogen and oxygen atoms in total. The van der Waals surface area contributed by atoms with Gasteiger partial charge in [0, 0.05) is 5.69 Å². The minimum atomic E-state index is 0.517. The number of halogens is 2. The van der Waals surface area contributed by atoms with Crippen molar-refractivity contribution in [2.24, 2.45) is 0 Å². The maximum absolute atomic E-state index is 6.24. The molecule has 1 heterocycles. The third-order valence-electron chi connectivity index (χ3n) is 3.68. The van der Waals surface area contributed by atoms with Crippen molar-refractivity contribution in [1.82, 2.24) is 4.98 Å². The molecule has 0 saturated carbocycles.